The predicted octanol–water partition coefficient (Wildman–Crippen LogP) is 4.37. The number of rotatable bonds is 5. The van der Waals surface area contributed by atoms with E-state index < -0.39 is 0 Å². The molecule has 6 heteroatoms. The highest BCUT2D eigenvalue weighted by Crippen LogP contribution is 2.29. The maximum Gasteiger partial charge on any atom is 0.223 e. The minimum Gasteiger partial charge on any atom is -0.338 e. The minimum atomic E-state index is 0.280. The number of carbonyl (C=O) groups excluding carboxylic acids is 1. The monoisotopic (exact) mass is 448 g/mol. The zero-order valence-corrected chi connectivity index (χ0v) is 19.1. The van der Waals surface area contributed by atoms with Crippen molar-refractivity contribution in [2.75, 3.05) is 32.7 Å². The molecule has 5 rings (SSSR count). The molecular weight excluding hydrogens is 420 g/mol. The van der Waals surface area contributed by atoms with Gasteiger partial charge in [-0.25, -0.2) is 0 Å². The van der Waals surface area contributed by atoms with Crippen molar-refractivity contribution in [3.63, 3.8) is 0 Å². The van der Waals surface area contributed by atoms with Gasteiger partial charge in [-0.3, -0.25) is 19.7 Å². The Bertz CT molecular complexity index is 1050. The van der Waals surface area contributed by atoms with Crippen LogP contribution in [0.2, 0.25) is 5.02 Å². The van der Waals surface area contributed by atoms with Crippen molar-refractivity contribution in [2.24, 2.45) is 10.9 Å². The number of aromatic nitrogens is 1. The molecule has 1 atom stereocenters. The standard InChI is InChI=1S/C26H29ClN4O/c27-24-6-2-1-5-22(24)17-30-12-3-4-19(16-30)14-25(32)31-13-9-21-15-29-26(23(21)18-31)20-7-10-28-11-8-20/h1-2,5-8,10-11,19H,3-4,9,12-18H2/t19-/m0/s1. The van der Waals surface area contributed by atoms with E-state index in [2.05, 4.69) is 16.0 Å². The highest BCUT2D eigenvalue weighted by molar-refractivity contribution is 6.31. The van der Waals surface area contributed by atoms with Gasteiger partial charge in [-0.1, -0.05) is 29.8 Å². The summed E-state index contributed by atoms with van der Waals surface area (Å²) in [5.74, 6) is 0.688. The average Bonchev–Trinajstić information content (AvgIpc) is 3.25. The molecule has 1 aromatic carbocycles. The lowest BCUT2D eigenvalue weighted by molar-refractivity contribution is -0.132. The molecule has 0 N–H and O–H groups in total. The maximum absolute atomic E-state index is 13.2. The van der Waals surface area contributed by atoms with E-state index in [0.29, 0.717) is 18.9 Å². The van der Waals surface area contributed by atoms with E-state index in [4.69, 9.17) is 16.6 Å². The summed E-state index contributed by atoms with van der Waals surface area (Å²) < 4.78 is 0. The Labute approximate surface area is 194 Å². The number of nitrogens with zero attached hydrogens (tertiary/aromatic N) is 4. The summed E-state index contributed by atoms with van der Waals surface area (Å²) in [6, 6.07) is 12.1. The van der Waals surface area contributed by atoms with E-state index in [0.717, 1.165) is 68.3 Å². The van der Waals surface area contributed by atoms with Crippen LogP contribution in [0.15, 0.2) is 64.9 Å². The number of aliphatic imine (C=N–C) groups is 1. The Morgan fingerprint density at radius 2 is 1.97 bits per heavy atom. The molecule has 4 heterocycles. The van der Waals surface area contributed by atoms with E-state index in [-0.39, 0.29) is 5.91 Å². The Morgan fingerprint density at radius 3 is 2.81 bits per heavy atom. The van der Waals surface area contributed by atoms with Gasteiger partial charge >= 0.3 is 0 Å². The number of benzene rings is 1. The van der Waals surface area contributed by atoms with Crippen LogP contribution < -0.4 is 0 Å². The van der Waals surface area contributed by atoms with Gasteiger partial charge < -0.3 is 4.90 Å². The largest absolute Gasteiger partial charge is 0.338 e. The lowest BCUT2D eigenvalue weighted by Gasteiger charge is -2.35. The summed E-state index contributed by atoms with van der Waals surface area (Å²) in [4.78, 5) is 26.6. The first-order chi connectivity index (χ1) is 15.7. The summed E-state index contributed by atoms with van der Waals surface area (Å²) in [6.07, 6.45) is 7.43. The van der Waals surface area contributed by atoms with Crippen LogP contribution in [0.4, 0.5) is 0 Å². The second-order valence-electron chi connectivity index (χ2n) is 9.09. The summed E-state index contributed by atoms with van der Waals surface area (Å²) in [7, 11) is 0. The second-order valence-corrected chi connectivity index (χ2v) is 9.49. The number of amides is 1. The van der Waals surface area contributed by atoms with Gasteiger partial charge in [0, 0.05) is 55.6 Å². The highest BCUT2D eigenvalue weighted by atomic mass is 35.5. The molecule has 0 bridgehead atoms. The van der Waals surface area contributed by atoms with Gasteiger partial charge in [0.15, 0.2) is 0 Å². The first kappa shape index (κ1) is 21.4. The van der Waals surface area contributed by atoms with Crippen LogP contribution in [-0.4, -0.2) is 59.1 Å². The number of piperidine rings is 1. The van der Waals surface area contributed by atoms with Crippen LogP contribution in [0.25, 0.3) is 0 Å². The fourth-order valence-electron chi connectivity index (χ4n) is 5.18. The molecule has 166 valence electrons. The van der Waals surface area contributed by atoms with E-state index in [9.17, 15) is 4.79 Å². The number of likely N-dealkylation sites (tertiary alicyclic amines) is 1. The molecule has 0 aliphatic carbocycles. The molecule has 1 fully saturated rings. The zero-order valence-electron chi connectivity index (χ0n) is 18.3. The third-order valence-electron chi connectivity index (χ3n) is 6.90. The van der Waals surface area contributed by atoms with Gasteiger partial charge in [-0.2, -0.15) is 0 Å². The Hall–Kier alpha value is -2.50. The van der Waals surface area contributed by atoms with Crippen molar-refractivity contribution in [1.29, 1.82) is 0 Å². The van der Waals surface area contributed by atoms with E-state index in [1.165, 1.54) is 16.7 Å². The Kier molecular flexibility index (Phi) is 6.37. The summed E-state index contributed by atoms with van der Waals surface area (Å²) in [5.41, 5.74) is 5.95. The molecule has 1 amide bonds. The van der Waals surface area contributed by atoms with Gasteiger partial charge in [0.2, 0.25) is 5.91 Å². The van der Waals surface area contributed by atoms with Gasteiger partial charge in [-0.05, 0) is 66.6 Å². The van der Waals surface area contributed by atoms with Crippen LogP contribution in [0, 0.1) is 5.92 Å². The SMILES string of the molecule is O=C(C[C@@H]1CCCN(Cc2ccccc2Cl)C1)N1CCC2=C(C1)C(c1ccncc1)=NC2. The Morgan fingerprint density at radius 1 is 1.12 bits per heavy atom. The highest BCUT2D eigenvalue weighted by Gasteiger charge is 2.31. The summed E-state index contributed by atoms with van der Waals surface area (Å²) >= 11 is 6.36. The number of halogens is 1. The van der Waals surface area contributed by atoms with Crippen molar-refractivity contribution in [1.82, 2.24) is 14.8 Å². The van der Waals surface area contributed by atoms with Crippen molar-refractivity contribution in [3.8, 4) is 0 Å². The molecule has 0 radical (unpaired) electrons. The van der Waals surface area contributed by atoms with E-state index >= 15 is 0 Å². The topological polar surface area (TPSA) is 48.8 Å². The molecule has 2 aromatic rings. The first-order valence-electron chi connectivity index (χ1n) is 11.6. The molecule has 5 nitrogen and oxygen atoms in total. The fourth-order valence-corrected chi connectivity index (χ4v) is 5.38. The quantitative estimate of drug-likeness (QED) is 0.682. The summed E-state index contributed by atoms with van der Waals surface area (Å²) in [6.45, 7) is 5.16. The van der Waals surface area contributed by atoms with E-state index in [1.807, 2.05) is 35.2 Å². The molecule has 1 saturated heterocycles. The lowest BCUT2D eigenvalue weighted by atomic mass is 9.92. The van der Waals surface area contributed by atoms with Crippen molar-refractivity contribution in [3.05, 3.63) is 76.1 Å². The van der Waals surface area contributed by atoms with E-state index in [1.54, 1.807) is 12.4 Å². The molecule has 3 aliphatic rings. The van der Waals surface area contributed by atoms with Crippen LogP contribution in [0.5, 0.6) is 0 Å². The molecule has 0 spiro atoms. The number of pyridine rings is 1. The third kappa shape index (κ3) is 4.64. The number of hydrogen-bond acceptors (Lipinski definition) is 4. The molecule has 32 heavy (non-hydrogen) atoms. The molecular formula is C26H29ClN4O. The Balaban J connectivity index is 1.19. The third-order valence-corrected chi connectivity index (χ3v) is 7.27. The first-order valence-corrected chi connectivity index (χ1v) is 11.9. The number of carbonyl (C=O) groups is 1. The van der Waals surface area contributed by atoms with Crippen LogP contribution in [0.1, 0.15) is 36.8 Å². The van der Waals surface area contributed by atoms with Crippen LogP contribution in [0.3, 0.4) is 0 Å². The lowest BCUT2D eigenvalue weighted by Crippen LogP contribution is -2.41. The molecule has 1 aromatic heterocycles. The average molecular weight is 449 g/mol. The smallest absolute Gasteiger partial charge is 0.223 e. The maximum atomic E-state index is 13.2. The van der Waals surface area contributed by atoms with Crippen molar-refractivity contribution >= 4 is 23.2 Å². The summed E-state index contributed by atoms with van der Waals surface area (Å²) in [5, 5.41) is 0.825. The molecule has 3 aliphatic heterocycles. The number of hydrogen-bond donors (Lipinski definition) is 0. The fraction of sp³-hybridized carbons (Fsp3) is 0.423. The van der Waals surface area contributed by atoms with Gasteiger partial charge in [0.1, 0.15) is 0 Å². The minimum absolute atomic E-state index is 0.280. The predicted molar refractivity (Wildman–Crippen MR) is 128 cm³/mol. The van der Waals surface area contributed by atoms with Gasteiger partial charge in [0.25, 0.3) is 0 Å². The van der Waals surface area contributed by atoms with Gasteiger partial charge in [0.05, 0.1) is 12.3 Å². The second kappa shape index (κ2) is 9.55. The zero-order chi connectivity index (χ0) is 21.9. The van der Waals surface area contributed by atoms with Gasteiger partial charge in [-0.15, -0.1) is 0 Å². The molecule has 0 saturated carbocycles. The molecule has 0 unspecified atom stereocenters. The van der Waals surface area contributed by atoms with Crippen LogP contribution >= 0.6 is 11.6 Å². The normalized spacial score (nSPS) is 21.5. The van der Waals surface area contributed by atoms with Crippen molar-refractivity contribution < 1.29 is 4.79 Å². The van der Waals surface area contributed by atoms with Crippen LogP contribution in [-0.2, 0) is 11.3 Å². The van der Waals surface area contributed by atoms with Crippen molar-refractivity contribution in [2.45, 2.75) is 32.2 Å².